The summed E-state index contributed by atoms with van der Waals surface area (Å²) in [6, 6.07) is 0. The van der Waals surface area contributed by atoms with Gasteiger partial charge in [-0.1, -0.05) is 0 Å². The lowest BCUT2D eigenvalue weighted by molar-refractivity contribution is 0.218. The van der Waals surface area contributed by atoms with Crippen LogP contribution in [0.2, 0.25) is 0 Å². The van der Waals surface area contributed by atoms with Crippen molar-refractivity contribution in [2.75, 3.05) is 20.2 Å². The maximum atomic E-state index is 8.60. The average molecular weight is 171 g/mol. The number of hydrogen-bond acceptors (Lipinski definition) is 4. The third kappa shape index (κ3) is 2.96. The van der Waals surface area contributed by atoms with Gasteiger partial charge in [-0.05, 0) is 7.05 Å². The smallest absolute Gasteiger partial charge is 0.152 e. The van der Waals surface area contributed by atoms with E-state index in [0.717, 1.165) is 6.54 Å². The quantitative estimate of drug-likeness (QED) is 0.711. The molecular weight excluding hydrogens is 160 g/mol. The summed E-state index contributed by atoms with van der Waals surface area (Å²) in [4.78, 5) is 7.06. The molecule has 11 heavy (non-hydrogen) atoms. The Hall–Kier alpha value is -0.450. The van der Waals surface area contributed by atoms with E-state index in [0.29, 0.717) is 6.54 Å². The average Bonchev–Trinajstić information content (AvgIpc) is 2.40. The first-order valence-corrected chi connectivity index (χ1v) is 4.24. The Balaban J connectivity index is 2.31. The van der Waals surface area contributed by atoms with E-state index in [2.05, 4.69) is 10.5 Å². The predicted molar refractivity (Wildman–Crippen MR) is 44.4 cm³/mol. The fraction of sp³-hybridized carbons (Fsp3) is 0.571. The summed E-state index contributed by atoms with van der Waals surface area (Å²) in [5.74, 6) is 0. The van der Waals surface area contributed by atoms with Gasteiger partial charge in [0.05, 0.1) is 6.61 Å². The molecule has 0 saturated heterocycles. The molecule has 0 amide bonds. The summed E-state index contributed by atoms with van der Waals surface area (Å²) >= 11 is 1.52. The molecule has 1 radical (unpaired) electrons. The second kappa shape index (κ2) is 4.43. The predicted octanol–water partition coefficient (Wildman–Crippen LogP) is 0.367. The molecule has 61 valence electrons. The fourth-order valence-electron chi connectivity index (χ4n) is 0.799. The van der Waals surface area contributed by atoms with Crippen molar-refractivity contribution < 1.29 is 5.11 Å². The Morgan fingerprint density at radius 3 is 3.18 bits per heavy atom. The molecule has 0 aromatic carbocycles. The first-order chi connectivity index (χ1) is 5.33. The van der Waals surface area contributed by atoms with Crippen LogP contribution in [0.5, 0.6) is 0 Å². The van der Waals surface area contributed by atoms with E-state index in [-0.39, 0.29) is 6.61 Å². The fourth-order valence-corrected chi connectivity index (χ4v) is 1.41. The lowest BCUT2D eigenvalue weighted by Crippen LogP contribution is -2.20. The highest BCUT2D eigenvalue weighted by Crippen LogP contribution is 2.06. The highest BCUT2D eigenvalue weighted by atomic mass is 32.1. The molecule has 1 heterocycles. The van der Waals surface area contributed by atoms with E-state index in [4.69, 9.17) is 5.11 Å². The van der Waals surface area contributed by atoms with Crippen molar-refractivity contribution in [2.45, 2.75) is 6.54 Å². The molecule has 0 fully saturated rings. The molecule has 0 aliphatic rings. The standard InChI is InChI=1S/C7H11N2OS/c1-9(2-3-10)5-7-4-8-6-11-7/h4,10H,2-3,5H2,1H3. The van der Waals surface area contributed by atoms with Crippen molar-refractivity contribution in [1.29, 1.82) is 0 Å². The number of hydrogen-bond donors (Lipinski definition) is 1. The van der Waals surface area contributed by atoms with Crippen LogP contribution in [0.25, 0.3) is 0 Å². The van der Waals surface area contributed by atoms with Crippen LogP contribution in [0.1, 0.15) is 4.88 Å². The minimum atomic E-state index is 0.207. The third-order valence-electron chi connectivity index (χ3n) is 1.35. The first kappa shape index (κ1) is 8.64. The van der Waals surface area contributed by atoms with Crippen molar-refractivity contribution in [2.24, 2.45) is 0 Å². The molecule has 0 aliphatic heterocycles. The van der Waals surface area contributed by atoms with E-state index >= 15 is 0 Å². The van der Waals surface area contributed by atoms with E-state index in [1.807, 2.05) is 11.9 Å². The summed E-state index contributed by atoms with van der Waals surface area (Å²) in [7, 11) is 1.97. The maximum Gasteiger partial charge on any atom is 0.152 e. The Morgan fingerprint density at radius 1 is 1.82 bits per heavy atom. The van der Waals surface area contributed by atoms with E-state index in [9.17, 15) is 0 Å². The molecule has 0 bridgehead atoms. The molecule has 0 unspecified atom stereocenters. The minimum Gasteiger partial charge on any atom is -0.395 e. The normalized spacial score (nSPS) is 10.8. The second-order valence-electron chi connectivity index (χ2n) is 2.38. The van der Waals surface area contributed by atoms with Gasteiger partial charge < -0.3 is 5.11 Å². The zero-order valence-corrected chi connectivity index (χ0v) is 7.27. The number of aromatic nitrogens is 1. The highest BCUT2D eigenvalue weighted by Gasteiger charge is 1.99. The molecule has 1 aromatic rings. The van der Waals surface area contributed by atoms with Gasteiger partial charge in [-0.2, -0.15) is 0 Å². The maximum absolute atomic E-state index is 8.60. The van der Waals surface area contributed by atoms with Gasteiger partial charge >= 0.3 is 0 Å². The van der Waals surface area contributed by atoms with Crippen LogP contribution in [0.15, 0.2) is 6.20 Å². The van der Waals surface area contributed by atoms with E-state index in [1.165, 1.54) is 16.2 Å². The molecule has 3 nitrogen and oxygen atoms in total. The molecule has 0 atom stereocenters. The molecule has 0 saturated carbocycles. The largest absolute Gasteiger partial charge is 0.395 e. The Kier molecular flexibility index (Phi) is 3.48. The number of nitrogens with zero attached hydrogens (tertiary/aromatic N) is 2. The summed E-state index contributed by atoms with van der Waals surface area (Å²) < 4.78 is 0. The van der Waals surface area contributed by atoms with Gasteiger partial charge in [0.2, 0.25) is 0 Å². The lowest BCUT2D eigenvalue weighted by atomic mass is 10.5. The Bertz CT molecular complexity index is 188. The summed E-state index contributed by atoms with van der Waals surface area (Å²) in [5, 5.41) is 8.60. The van der Waals surface area contributed by atoms with Gasteiger partial charge in [0, 0.05) is 24.2 Å². The van der Waals surface area contributed by atoms with Crippen LogP contribution in [-0.2, 0) is 6.54 Å². The zero-order valence-electron chi connectivity index (χ0n) is 6.45. The van der Waals surface area contributed by atoms with Crippen LogP contribution in [0.4, 0.5) is 0 Å². The molecule has 0 aliphatic carbocycles. The van der Waals surface area contributed by atoms with Crippen LogP contribution >= 0.6 is 11.3 Å². The Morgan fingerprint density at radius 2 is 2.64 bits per heavy atom. The van der Waals surface area contributed by atoms with Gasteiger partial charge in [-0.3, -0.25) is 4.90 Å². The topological polar surface area (TPSA) is 36.4 Å². The van der Waals surface area contributed by atoms with Gasteiger partial charge in [-0.25, -0.2) is 4.98 Å². The number of rotatable bonds is 4. The van der Waals surface area contributed by atoms with Gasteiger partial charge in [0.15, 0.2) is 5.51 Å². The van der Waals surface area contributed by atoms with Gasteiger partial charge in [0.25, 0.3) is 0 Å². The van der Waals surface area contributed by atoms with Crippen LogP contribution < -0.4 is 0 Å². The van der Waals surface area contributed by atoms with E-state index < -0.39 is 0 Å². The highest BCUT2D eigenvalue weighted by molar-refractivity contribution is 7.09. The second-order valence-corrected chi connectivity index (χ2v) is 3.29. The Labute approximate surface area is 70.3 Å². The molecule has 1 N–H and O–H groups in total. The molecule has 0 spiro atoms. The monoisotopic (exact) mass is 171 g/mol. The van der Waals surface area contributed by atoms with Crippen molar-refractivity contribution in [3.05, 3.63) is 16.6 Å². The summed E-state index contributed by atoms with van der Waals surface area (Å²) in [5.41, 5.74) is 2.78. The zero-order chi connectivity index (χ0) is 8.10. The first-order valence-electron chi connectivity index (χ1n) is 3.43. The van der Waals surface area contributed by atoms with Crippen LogP contribution in [0.3, 0.4) is 0 Å². The third-order valence-corrected chi connectivity index (χ3v) is 2.04. The number of thiazole rings is 1. The molecule has 4 heteroatoms. The molecule has 1 rings (SSSR count). The number of aliphatic hydroxyl groups is 1. The van der Waals surface area contributed by atoms with Gasteiger partial charge in [-0.15, -0.1) is 11.3 Å². The van der Waals surface area contributed by atoms with Crippen LogP contribution in [0, 0.1) is 5.51 Å². The lowest BCUT2D eigenvalue weighted by Gasteiger charge is -2.12. The van der Waals surface area contributed by atoms with E-state index in [1.54, 1.807) is 6.20 Å². The van der Waals surface area contributed by atoms with Crippen LogP contribution in [-0.4, -0.2) is 35.2 Å². The van der Waals surface area contributed by atoms with Crippen molar-refractivity contribution in [1.82, 2.24) is 9.88 Å². The molecule has 1 aromatic heterocycles. The molecular formula is C7H11N2OS. The number of aliphatic hydroxyl groups excluding tert-OH is 1. The van der Waals surface area contributed by atoms with Gasteiger partial charge in [0.1, 0.15) is 0 Å². The SMILES string of the molecule is CN(CCO)Cc1cn[c]s1. The van der Waals surface area contributed by atoms with Crippen molar-refractivity contribution >= 4 is 11.3 Å². The van der Waals surface area contributed by atoms with Crippen molar-refractivity contribution in [3.8, 4) is 0 Å². The van der Waals surface area contributed by atoms with Crippen molar-refractivity contribution in [3.63, 3.8) is 0 Å². The number of likely N-dealkylation sites (N-methyl/N-ethyl adjacent to an activating group) is 1. The summed E-state index contributed by atoms with van der Waals surface area (Å²) in [6.45, 7) is 1.76. The summed E-state index contributed by atoms with van der Waals surface area (Å²) in [6.07, 6.45) is 1.80. The minimum absolute atomic E-state index is 0.207.